The number of nitrogens with one attached hydrogen (secondary N) is 1. The third kappa shape index (κ3) is 5.40. The molecule has 7 nitrogen and oxygen atoms in total. The van der Waals surface area contributed by atoms with Gasteiger partial charge in [0.15, 0.2) is 9.84 Å². The maximum absolute atomic E-state index is 12.4. The molecule has 3 rings (SSSR count). The van der Waals surface area contributed by atoms with Crippen molar-refractivity contribution < 1.29 is 22.4 Å². The van der Waals surface area contributed by atoms with Gasteiger partial charge in [-0.05, 0) is 38.8 Å². The normalized spacial score (nSPS) is 17.2. The molecule has 0 saturated carbocycles. The first-order valence-corrected chi connectivity index (χ1v) is 10.8. The highest BCUT2D eigenvalue weighted by Crippen LogP contribution is 2.23. The number of sulfone groups is 1. The number of aromatic nitrogens is 1. The third-order valence-corrected chi connectivity index (χ3v) is 5.86. The number of carbonyl (C=O) groups is 1. The Hall–Kier alpha value is -2.19. The predicted octanol–water partition coefficient (Wildman–Crippen LogP) is 2.17. The SMILES string of the molecule is Cc1ccc(-c2nc(CS(=O)(=O)CC(=O)NCC3CCCO3)c(C)o2)cc1. The summed E-state index contributed by atoms with van der Waals surface area (Å²) in [6.07, 6.45) is 1.83. The fourth-order valence-corrected chi connectivity index (χ4v) is 4.21. The van der Waals surface area contributed by atoms with Crippen LogP contribution in [0.2, 0.25) is 0 Å². The van der Waals surface area contributed by atoms with Gasteiger partial charge in [-0.2, -0.15) is 0 Å². The van der Waals surface area contributed by atoms with Crippen LogP contribution < -0.4 is 5.32 Å². The molecule has 1 fully saturated rings. The second kappa shape index (κ2) is 8.22. The van der Waals surface area contributed by atoms with Gasteiger partial charge in [-0.3, -0.25) is 4.79 Å². The summed E-state index contributed by atoms with van der Waals surface area (Å²) in [6.45, 7) is 4.68. The van der Waals surface area contributed by atoms with Crippen LogP contribution in [0.3, 0.4) is 0 Å². The van der Waals surface area contributed by atoms with E-state index < -0.39 is 21.5 Å². The van der Waals surface area contributed by atoms with Crippen LogP contribution in [0.4, 0.5) is 0 Å². The second-order valence-corrected chi connectivity index (χ2v) is 8.92. The van der Waals surface area contributed by atoms with Crippen molar-refractivity contribution in [1.82, 2.24) is 10.3 Å². The Morgan fingerprint density at radius 2 is 2.00 bits per heavy atom. The van der Waals surface area contributed by atoms with Crippen molar-refractivity contribution in [3.05, 3.63) is 41.3 Å². The molecule has 1 aromatic carbocycles. The van der Waals surface area contributed by atoms with E-state index in [2.05, 4.69) is 10.3 Å². The molecule has 146 valence electrons. The first-order chi connectivity index (χ1) is 12.8. The van der Waals surface area contributed by atoms with Gasteiger partial charge in [-0.1, -0.05) is 17.7 Å². The van der Waals surface area contributed by atoms with Gasteiger partial charge in [0.05, 0.1) is 17.6 Å². The van der Waals surface area contributed by atoms with Gasteiger partial charge in [-0.15, -0.1) is 0 Å². The topological polar surface area (TPSA) is 98.5 Å². The van der Waals surface area contributed by atoms with Gasteiger partial charge < -0.3 is 14.5 Å². The largest absolute Gasteiger partial charge is 0.441 e. The number of benzene rings is 1. The highest BCUT2D eigenvalue weighted by molar-refractivity contribution is 7.91. The van der Waals surface area contributed by atoms with E-state index in [0.717, 1.165) is 24.0 Å². The molecular formula is C19H24N2O5S. The zero-order chi connectivity index (χ0) is 19.4. The summed E-state index contributed by atoms with van der Waals surface area (Å²) in [6, 6.07) is 7.61. The van der Waals surface area contributed by atoms with E-state index in [4.69, 9.17) is 9.15 Å². The standard InChI is InChI=1S/C19H24N2O5S/c1-13-5-7-15(8-6-13)19-21-17(14(2)26-19)11-27(23,24)12-18(22)20-10-16-4-3-9-25-16/h5-8,16H,3-4,9-12H2,1-2H3,(H,20,22). The molecule has 27 heavy (non-hydrogen) atoms. The molecular weight excluding hydrogens is 368 g/mol. The maximum Gasteiger partial charge on any atom is 0.235 e. The summed E-state index contributed by atoms with van der Waals surface area (Å²) in [5.41, 5.74) is 2.22. The molecule has 1 amide bonds. The first-order valence-electron chi connectivity index (χ1n) is 8.94. The summed E-state index contributed by atoms with van der Waals surface area (Å²) >= 11 is 0. The zero-order valence-corrected chi connectivity index (χ0v) is 16.3. The predicted molar refractivity (Wildman–Crippen MR) is 101 cm³/mol. The second-order valence-electron chi connectivity index (χ2n) is 6.86. The van der Waals surface area contributed by atoms with E-state index in [1.165, 1.54) is 0 Å². The highest BCUT2D eigenvalue weighted by Gasteiger charge is 2.23. The molecule has 1 aliphatic heterocycles. The molecule has 0 bridgehead atoms. The van der Waals surface area contributed by atoms with Crippen molar-refractivity contribution in [2.75, 3.05) is 18.9 Å². The summed E-state index contributed by atoms with van der Waals surface area (Å²) < 4.78 is 35.8. The summed E-state index contributed by atoms with van der Waals surface area (Å²) in [4.78, 5) is 16.3. The van der Waals surface area contributed by atoms with Crippen molar-refractivity contribution in [2.24, 2.45) is 0 Å². The number of oxazole rings is 1. The number of nitrogens with zero attached hydrogens (tertiary/aromatic N) is 1. The molecule has 0 radical (unpaired) electrons. The van der Waals surface area contributed by atoms with E-state index in [1.807, 2.05) is 31.2 Å². The molecule has 1 atom stereocenters. The molecule has 1 aliphatic rings. The lowest BCUT2D eigenvalue weighted by Gasteiger charge is -2.10. The minimum Gasteiger partial charge on any atom is -0.441 e. The molecule has 2 aromatic rings. The quantitative estimate of drug-likeness (QED) is 0.775. The Morgan fingerprint density at radius 3 is 2.67 bits per heavy atom. The lowest BCUT2D eigenvalue weighted by molar-refractivity contribution is -0.119. The lowest BCUT2D eigenvalue weighted by atomic mass is 10.1. The minimum atomic E-state index is -3.65. The monoisotopic (exact) mass is 392 g/mol. The van der Waals surface area contributed by atoms with Crippen LogP contribution in [0.25, 0.3) is 11.5 Å². The molecule has 1 aromatic heterocycles. The van der Waals surface area contributed by atoms with Crippen molar-refractivity contribution in [2.45, 2.75) is 38.5 Å². The fraction of sp³-hybridized carbons (Fsp3) is 0.474. The van der Waals surface area contributed by atoms with Crippen LogP contribution in [0.15, 0.2) is 28.7 Å². The average Bonchev–Trinajstić information content (AvgIpc) is 3.23. The molecule has 0 aliphatic carbocycles. The number of rotatable bonds is 7. The highest BCUT2D eigenvalue weighted by atomic mass is 32.2. The Kier molecular flexibility index (Phi) is 5.96. The average molecular weight is 392 g/mol. The number of aryl methyl sites for hydroxylation is 2. The van der Waals surface area contributed by atoms with Crippen molar-refractivity contribution >= 4 is 15.7 Å². The molecule has 2 heterocycles. The molecule has 1 saturated heterocycles. The van der Waals surface area contributed by atoms with Gasteiger partial charge >= 0.3 is 0 Å². The van der Waals surface area contributed by atoms with Gasteiger partial charge in [-0.25, -0.2) is 13.4 Å². The summed E-state index contributed by atoms with van der Waals surface area (Å²) in [5.74, 6) is -0.618. The van der Waals surface area contributed by atoms with E-state index in [1.54, 1.807) is 6.92 Å². The van der Waals surface area contributed by atoms with Crippen LogP contribution in [0, 0.1) is 13.8 Å². The Balaban J connectivity index is 1.61. The maximum atomic E-state index is 12.4. The van der Waals surface area contributed by atoms with Crippen molar-refractivity contribution in [3.8, 4) is 11.5 Å². The molecule has 1 N–H and O–H groups in total. The fourth-order valence-electron chi connectivity index (χ4n) is 2.92. The van der Waals surface area contributed by atoms with Crippen LogP contribution >= 0.6 is 0 Å². The Bertz CT molecular complexity index is 897. The Morgan fingerprint density at radius 1 is 1.26 bits per heavy atom. The van der Waals surface area contributed by atoms with Gasteiger partial charge in [0, 0.05) is 18.7 Å². The third-order valence-electron chi connectivity index (χ3n) is 4.45. The lowest BCUT2D eigenvalue weighted by Crippen LogP contribution is -2.36. The first kappa shape index (κ1) is 19.6. The Labute approximate surface area is 159 Å². The number of hydrogen-bond donors (Lipinski definition) is 1. The van der Waals surface area contributed by atoms with Gasteiger partial charge in [0.25, 0.3) is 0 Å². The van der Waals surface area contributed by atoms with Crippen LogP contribution in [0.5, 0.6) is 0 Å². The number of amides is 1. The minimum absolute atomic E-state index is 0.0218. The van der Waals surface area contributed by atoms with Crippen LogP contribution in [0.1, 0.15) is 29.9 Å². The molecule has 8 heteroatoms. The van der Waals surface area contributed by atoms with Gasteiger partial charge in [0.2, 0.25) is 11.8 Å². The van der Waals surface area contributed by atoms with E-state index in [0.29, 0.717) is 30.5 Å². The van der Waals surface area contributed by atoms with E-state index in [9.17, 15) is 13.2 Å². The zero-order valence-electron chi connectivity index (χ0n) is 15.5. The van der Waals surface area contributed by atoms with Crippen molar-refractivity contribution in [1.29, 1.82) is 0 Å². The molecule has 0 spiro atoms. The smallest absolute Gasteiger partial charge is 0.235 e. The summed E-state index contributed by atoms with van der Waals surface area (Å²) in [5, 5.41) is 2.63. The number of hydrogen-bond acceptors (Lipinski definition) is 6. The molecule has 1 unspecified atom stereocenters. The number of ether oxygens (including phenoxy) is 1. The number of carbonyl (C=O) groups excluding carboxylic acids is 1. The van der Waals surface area contributed by atoms with E-state index in [-0.39, 0.29) is 11.9 Å². The van der Waals surface area contributed by atoms with E-state index >= 15 is 0 Å². The summed E-state index contributed by atoms with van der Waals surface area (Å²) in [7, 11) is -3.65. The van der Waals surface area contributed by atoms with Crippen LogP contribution in [-0.2, 0) is 25.1 Å². The van der Waals surface area contributed by atoms with Crippen molar-refractivity contribution in [3.63, 3.8) is 0 Å². The van der Waals surface area contributed by atoms with Gasteiger partial charge in [0.1, 0.15) is 11.5 Å². The van der Waals surface area contributed by atoms with Crippen LogP contribution in [-0.4, -0.2) is 44.3 Å².